The molecule has 1 aromatic heterocycles. The molecule has 6 nitrogen and oxygen atoms in total. The van der Waals surface area contributed by atoms with Crippen molar-refractivity contribution in [3.8, 4) is 0 Å². The van der Waals surface area contributed by atoms with E-state index < -0.39 is 24.9 Å². The molecule has 9 heteroatoms. The summed E-state index contributed by atoms with van der Waals surface area (Å²) in [4.78, 5) is 23.6. The number of hydrogen-bond donors (Lipinski definition) is 2. The van der Waals surface area contributed by atoms with E-state index in [9.17, 15) is 18.4 Å². The first kappa shape index (κ1) is 17.2. The molecule has 3 N–H and O–H groups in total. The van der Waals surface area contributed by atoms with Crippen LogP contribution >= 0.6 is 11.3 Å². The lowest BCUT2D eigenvalue weighted by molar-refractivity contribution is 0.0528. The van der Waals surface area contributed by atoms with Crippen molar-refractivity contribution >= 4 is 34.0 Å². The molecule has 0 aliphatic rings. The number of nitrogens with two attached hydrogens (primary N) is 1. The average Bonchev–Trinajstić information content (AvgIpc) is 2.74. The fourth-order valence-corrected chi connectivity index (χ4v) is 2.50. The van der Waals surface area contributed by atoms with Gasteiger partial charge in [-0.05, 0) is 13.8 Å². The minimum atomic E-state index is -2.62. The lowest BCUT2D eigenvalue weighted by Crippen LogP contribution is -2.14. The Balaban J connectivity index is 3.16. The number of rotatable bonds is 7. The van der Waals surface area contributed by atoms with Gasteiger partial charge in [0.05, 0.1) is 25.4 Å². The normalized spacial score (nSPS) is 10.5. The van der Waals surface area contributed by atoms with Crippen LogP contribution in [0.5, 0.6) is 0 Å². The largest absolute Gasteiger partial charge is 0.462 e. The van der Waals surface area contributed by atoms with Crippen molar-refractivity contribution in [3.63, 3.8) is 0 Å². The Kier molecular flexibility index (Phi) is 6.35. The molecule has 0 atom stereocenters. The summed E-state index contributed by atoms with van der Waals surface area (Å²) in [5.41, 5.74) is 5.50. The van der Waals surface area contributed by atoms with E-state index in [-0.39, 0.29) is 34.3 Å². The van der Waals surface area contributed by atoms with Gasteiger partial charge in [0, 0.05) is 0 Å². The Morgan fingerprint density at radius 3 is 2.33 bits per heavy atom. The number of carbonyl (C=O) groups is 2. The van der Waals surface area contributed by atoms with Gasteiger partial charge in [-0.1, -0.05) is 0 Å². The first-order valence-corrected chi connectivity index (χ1v) is 7.02. The van der Waals surface area contributed by atoms with Crippen molar-refractivity contribution in [1.82, 2.24) is 0 Å². The highest BCUT2D eigenvalue weighted by Gasteiger charge is 2.27. The van der Waals surface area contributed by atoms with E-state index in [0.29, 0.717) is 0 Å². The smallest absolute Gasteiger partial charge is 0.350 e. The molecular weight excluding hydrogens is 306 g/mol. The highest BCUT2D eigenvalue weighted by molar-refractivity contribution is 7.19. The number of hydrogen-bond acceptors (Lipinski definition) is 7. The molecule has 0 spiro atoms. The van der Waals surface area contributed by atoms with Gasteiger partial charge in [0.2, 0.25) is 0 Å². The molecule has 0 aliphatic heterocycles. The van der Waals surface area contributed by atoms with Gasteiger partial charge in [-0.3, -0.25) is 0 Å². The monoisotopic (exact) mass is 322 g/mol. The van der Waals surface area contributed by atoms with Crippen molar-refractivity contribution in [2.75, 3.05) is 30.8 Å². The number of esters is 2. The van der Waals surface area contributed by atoms with E-state index in [4.69, 9.17) is 15.2 Å². The minimum absolute atomic E-state index is 0.0170. The van der Waals surface area contributed by atoms with Crippen molar-refractivity contribution in [3.05, 3.63) is 10.4 Å². The zero-order valence-corrected chi connectivity index (χ0v) is 12.4. The number of nitrogens with one attached hydrogen (secondary N) is 1. The van der Waals surface area contributed by atoms with Crippen LogP contribution in [0, 0.1) is 0 Å². The Morgan fingerprint density at radius 2 is 1.81 bits per heavy atom. The Morgan fingerprint density at radius 1 is 1.24 bits per heavy atom. The summed E-state index contributed by atoms with van der Waals surface area (Å²) in [6.07, 6.45) is -2.62. The number of carbonyl (C=O) groups excluding carboxylic acids is 2. The van der Waals surface area contributed by atoms with E-state index >= 15 is 0 Å². The van der Waals surface area contributed by atoms with Gasteiger partial charge in [-0.15, -0.1) is 11.3 Å². The van der Waals surface area contributed by atoms with E-state index in [1.165, 1.54) is 0 Å². The predicted molar refractivity (Wildman–Crippen MR) is 75.1 cm³/mol. The molecule has 118 valence electrons. The molecule has 0 aromatic carbocycles. The van der Waals surface area contributed by atoms with Crippen molar-refractivity contribution in [1.29, 1.82) is 0 Å². The van der Waals surface area contributed by atoms with E-state index in [1.54, 1.807) is 13.8 Å². The van der Waals surface area contributed by atoms with Crippen LogP contribution < -0.4 is 11.1 Å². The second kappa shape index (κ2) is 7.77. The Bertz CT molecular complexity index is 520. The minimum Gasteiger partial charge on any atom is -0.462 e. The van der Waals surface area contributed by atoms with Crippen molar-refractivity contribution in [2.45, 2.75) is 20.3 Å². The molecule has 0 radical (unpaired) electrons. The van der Waals surface area contributed by atoms with Gasteiger partial charge >= 0.3 is 11.9 Å². The summed E-state index contributed by atoms with van der Waals surface area (Å²) < 4.78 is 34.2. The summed E-state index contributed by atoms with van der Waals surface area (Å²) in [5.74, 6) is -1.49. The SMILES string of the molecule is CCOC(=O)c1sc(NCC(F)F)c(C(=O)OCC)c1N. The fourth-order valence-electron chi connectivity index (χ4n) is 1.49. The maximum atomic E-state index is 12.3. The number of nitrogen functional groups attached to an aromatic ring is 1. The summed E-state index contributed by atoms with van der Waals surface area (Å²) in [6.45, 7) is 2.76. The lowest BCUT2D eigenvalue weighted by atomic mass is 10.2. The van der Waals surface area contributed by atoms with Gasteiger partial charge in [0.1, 0.15) is 15.4 Å². The first-order chi connectivity index (χ1) is 9.92. The topological polar surface area (TPSA) is 90.6 Å². The lowest BCUT2D eigenvalue weighted by Gasteiger charge is -2.06. The summed E-state index contributed by atoms with van der Waals surface area (Å²) in [6, 6.07) is 0. The predicted octanol–water partition coefficient (Wildman–Crippen LogP) is 2.36. The quantitative estimate of drug-likeness (QED) is 0.749. The molecule has 0 bridgehead atoms. The molecule has 0 amide bonds. The molecule has 1 heterocycles. The molecule has 0 saturated heterocycles. The van der Waals surface area contributed by atoms with Crippen LogP contribution in [0.4, 0.5) is 19.5 Å². The van der Waals surface area contributed by atoms with Gasteiger partial charge in [0.15, 0.2) is 0 Å². The van der Waals surface area contributed by atoms with Crippen molar-refractivity contribution < 1.29 is 27.8 Å². The first-order valence-electron chi connectivity index (χ1n) is 6.20. The third-order valence-electron chi connectivity index (χ3n) is 2.30. The third-order valence-corrected chi connectivity index (χ3v) is 3.45. The van der Waals surface area contributed by atoms with Gasteiger partial charge in [-0.25, -0.2) is 18.4 Å². The molecule has 0 fully saturated rings. The molecule has 0 aliphatic carbocycles. The molecule has 1 aromatic rings. The van der Waals surface area contributed by atoms with Crippen LogP contribution in [-0.2, 0) is 9.47 Å². The maximum absolute atomic E-state index is 12.3. The van der Waals surface area contributed by atoms with E-state index in [0.717, 1.165) is 11.3 Å². The highest BCUT2D eigenvalue weighted by Crippen LogP contribution is 2.36. The maximum Gasteiger partial charge on any atom is 0.350 e. The molecule has 21 heavy (non-hydrogen) atoms. The summed E-state index contributed by atoms with van der Waals surface area (Å²) in [7, 11) is 0. The van der Waals surface area contributed by atoms with Crippen LogP contribution in [0.25, 0.3) is 0 Å². The van der Waals surface area contributed by atoms with Crippen LogP contribution in [0.15, 0.2) is 0 Å². The average molecular weight is 322 g/mol. The van der Waals surface area contributed by atoms with Crippen LogP contribution in [0.1, 0.15) is 33.9 Å². The summed E-state index contributed by atoms with van der Waals surface area (Å²) in [5, 5.41) is 2.45. The fraction of sp³-hybridized carbons (Fsp3) is 0.500. The number of alkyl halides is 2. The van der Waals surface area contributed by atoms with E-state index in [1.807, 2.05) is 0 Å². The summed E-state index contributed by atoms with van der Waals surface area (Å²) >= 11 is 0.786. The van der Waals surface area contributed by atoms with Gasteiger partial charge in [0.25, 0.3) is 6.43 Å². The van der Waals surface area contributed by atoms with Crippen LogP contribution in [0.3, 0.4) is 0 Å². The molecular formula is C12H16F2N2O4S. The second-order valence-electron chi connectivity index (χ2n) is 3.76. The molecule has 1 rings (SSSR count). The third kappa shape index (κ3) is 4.28. The standard InChI is InChI=1S/C12H16F2N2O4S/c1-3-19-11(17)7-8(15)9(12(18)20-4-2)21-10(7)16-5-6(13)14/h6,16H,3-5,15H2,1-2H3. The molecule has 0 saturated carbocycles. The van der Waals surface area contributed by atoms with Crippen molar-refractivity contribution in [2.24, 2.45) is 0 Å². The Labute approximate surface area is 124 Å². The van der Waals surface area contributed by atoms with Gasteiger partial charge in [-0.2, -0.15) is 0 Å². The number of anilines is 2. The van der Waals surface area contributed by atoms with E-state index in [2.05, 4.69) is 5.32 Å². The Hall–Kier alpha value is -1.90. The zero-order valence-electron chi connectivity index (χ0n) is 11.6. The van der Waals surface area contributed by atoms with Crippen LogP contribution in [-0.4, -0.2) is 38.1 Å². The second-order valence-corrected chi connectivity index (χ2v) is 4.78. The molecule has 0 unspecified atom stereocenters. The number of thiophene rings is 1. The zero-order chi connectivity index (χ0) is 16.0. The van der Waals surface area contributed by atoms with Gasteiger partial charge < -0.3 is 20.5 Å². The van der Waals surface area contributed by atoms with Crippen LogP contribution in [0.2, 0.25) is 0 Å². The number of halogens is 2. The highest BCUT2D eigenvalue weighted by atomic mass is 32.1. The number of ether oxygens (including phenoxy) is 2.